The van der Waals surface area contributed by atoms with E-state index in [1.54, 1.807) is 0 Å². The Hall–Kier alpha value is 0.360. The van der Waals surface area contributed by atoms with Crippen LogP contribution in [-0.2, 0) is 4.74 Å². The van der Waals surface area contributed by atoms with E-state index in [-0.39, 0.29) is 0 Å². The molecule has 0 bridgehead atoms. The third-order valence-electron chi connectivity index (χ3n) is 2.83. The molecule has 1 rings (SSSR count). The van der Waals surface area contributed by atoms with Gasteiger partial charge >= 0.3 is 0 Å². The Morgan fingerprint density at radius 2 is 1.67 bits per heavy atom. The van der Waals surface area contributed by atoms with Crippen molar-refractivity contribution in [2.24, 2.45) is 0 Å². The molecule has 1 fully saturated rings. The Bertz CT molecular complexity index is 147. The third-order valence-corrected chi connectivity index (χ3v) is 3.19. The fourth-order valence-corrected chi connectivity index (χ4v) is 2.39. The van der Waals surface area contributed by atoms with E-state index in [0.29, 0.717) is 0 Å². The van der Waals surface area contributed by atoms with Crippen molar-refractivity contribution in [2.75, 3.05) is 57.8 Å². The molecule has 0 radical (unpaired) electrons. The first kappa shape index (κ1) is 13.4. The lowest BCUT2D eigenvalue weighted by Crippen LogP contribution is -2.47. The van der Waals surface area contributed by atoms with Gasteiger partial charge in [-0.3, -0.25) is 4.90 Å². The van der Waals surface area contributed by atoms with Crippen LogP contribution >= 0.6 is 15.9 Å². The first-order valence-electron chi connectivity index (χ1n) is 5.95. The quantitative estimate of drug-likeness (QED) is 0.518. The van der Waals surface area contributed by atoms with Gasteiger partial charge in [-0.25, -0.2) is 0 Å². The van der Waals surface area contributed by atoms with Gasteiger partial charge < -0.3 is 9.64 Å². The smallest absolute Gasteiger partial charge is 0.0478 e. The SMILES string of the molecule is CCOCCCN1CCN(CCBr)CC1. The number of rotatable bonds is 7. The predicted molar refractivity (Wildman–Crippen MR) is 67.8 cm³/mol. The third kappa shape index (κ3) is 5.85. The Labute approximate surface area is 102 Å². The van der Waals surface area contributed by atoms with E-state index in [2.05, 4.69) is 32.7 Å². The largest absolute Gasteiger partial charge is 0.382 e. The summed E-state index contributed by atoms with van der Waals surface area (Å²) in [4.78, 5) is 5.07. The van der Waals surface area contributed by atoms with Gasteiger partial charge in [0.1, 0.15) is 0 Å². The lowest BCUT2D eigenvalue weighted by atomic mass is 10.3. The van der Waals surface area contributed by atoms with Crippen LogP contribution in [0, 0.1) is 0 Å². The first-order chi connectivity index (χ1) is 7.36. The van der Waals surface area contributed by atoms with Crippen LogP contribution in [0.3, 0.4) is 0 Å². The van der Waals surface area contributed by atoms with E-state index < -0.39 is 0 Å². The second-order valence-electron chi connectivity index (χ2n) is 3.92. The fraction of sp³-hybridized carbons (Fsp3) is 1.00. The highest BCUT2D eigenvalue weighted by molar-refractivity contribution is 9.09. The molecular weight excluding hydrogens is 256 g/mol. The lowest BCUT2D eigenvalue weighted by Gasteiger charge is -2.34. The van der Waals surface area contributed by atoms with Crippen LogP contribution in [0.15, 0.2) is 0 Å². The van der Waals surface area contributed by atoms with Gasteiger partial charge in [0.05, 0.1) is 0 Å². The highest BCUT2D eigenvalue weighted by atomic mass is 79.9. The molecule has 0 aromatic carbocycles. The molecule has 0 aliphatic carbocycles. The lowest BCUT2D eigenvalue weighted by molar-refractivity contribution is 0.107. The maximum absolute atomic E-state index is 5.34. The number of piperazine rings is 1. The van der Waals surface area contributed by atoms with Crippen LogP contribution in [-0.4, -0.2) is 67.6 Å². The molecule has 0 aromatic rings. The topological polar surface area (TPSA) is 15.7 Å². The number of nitrogens with zero attached hydrogens (tertiary/aromatic N) is 2. The maximum Gasteiger partial charge on any atom is 0.0478 e. The minimum atomic E-state index is 0.846. The van der Waals surface area contributed by atoms with Gasteiger partial charge in [0.2, 0.25) is 0 Å². The molecule has 0 aromatic heterocycles. The zero-order valence-corrected chi connectivity index (χ0v) is 11.3. The summed E-state index contributed by atoms with van der Waals surface area (Å²) in [5, 5.41) is 1.09. The van der Waals surface area contributed by atoms with Gasteiger partial charge in [-0.2, -0.15) is 0 Å². The number of alkyl halides is 1. The van der Waals surface area contributed by atoms with Crippen LogP contribution in [0.1, 0.15) is 13.3 Å². The molecule has 90 valence electrons. The second kappa shape index (κ2) is 8.50. The minimum Gasteiger partial charge on any atom is -0.382 e. The molecule has 1 heterocycles. The summed E-state index contributed by atoms with van der Waals surface area (Å²) in [7, 11) is 0. The zero-order valence-electron chi connectivity index (χ0n) is 9.75. The van der Waals surface area contributed by atoms with Crippen LogP contribution in [0.25, 0.3) is 0 Å². The van der Waals surface area contributed by atoms with Crippen LogP contribution in [0.4, 0.5) is 0 Å². The van der Waals surface area contributed by atoms with E-state index >= 15 is 0 Å². The number of halogens is 1. The Balaban J connectivity index is 1.99. The summed E-state index contributed by atoms with van der Waals surface area (Å²) in [5.41, 5.74) is 0. The van der Waals surface area contributed by atoms with Crippen molar-refractivity contribution >= 4 is 15.9 Å². The van der Waals surface area contributed by atoms with Gasteiger partial charge in [0, 0.05) is 57.8 Å². The highest BCUT2D eigenvalue weighted by Crippen LogP contribution is 2.02. The van der Waals surface area contributed by atoms with Crippen LogP contribution < -0.4 is 0 Å². The Morgan fingerprint density at radius 3 is 2.20 bits per heavy atom. The monoisotopic (exact) mass is 278 g/mol. The van der Waals surface area contributed by atoms with Crippen molar-refractivity contribution in [1.29, 1.82) is 0 Å². The molecule has 3 nitrogen and oxygen atoms in total. The molecular formula is C11H23BrN2O. The minimum absolute atomic E-state index is 0.846. The molecule has 1 saturated heterocycles. The second-order valence-corrected chi connectivity index (χ2v) is 4.72. The fourth-order valence-electron chi connectivity index (χ4n) is 1.89. The van der Waals surface area contributed by atoms with Gasteiger partial charge in [-0.15, -0.1) is 0 Å². The zero-order chi connectivity index (χ0) is 10.9. The van der Waals surface area contributed by atoms with E-state index in [1.165, 1.54) is 45.7 Å². The van der Waals surface area contributed by atoms with Crippen LogP contribution in [0.2, 0.25) is 0 Å². The van der Waals surface area contributed by atoms with Crippen molar-refractivity contribution in [3.8, 4) is 0 Å². The molecule has 0 N–H and O–H groups in total. The van der Waals surface area contributed by atoms with Gasteiger partial charge in [-0.1, -0.05) is 15.9 Å². The molecule has 0 saturated carbocycles. The van der Waals surface area contributed by atoms with Gasteiger partial charge in [-0.05, 0) is 13.3 Å². The molecule has 15 heavy (non-hydrogen) atoms. The summed E-state index contributed by atoms with van der Waals surface area (Å²) in [5.74, 6) is 0. The summed E-state index contributed by atoms with van der Waals surface area (Å²) >= 11 is 3.49. The Kier molecular flexibility index (Phi) is 7.61. The van der Waals surface area contributed by atoms with E-state index in [9.17, 15) is 0 Å². The molecule has 1 aliphatic rings. The molecule has 0 atom stereocenters. The van der Waals surface area contributed by atoms with Crippen molar-refractivity contribution in [3.63, 3.8) is 0 Å². The summed E-state index contributed by atoms with van der Waals surface area (Å²) in [6.07, 6.45) is 1.17. The van der Waals surface area contributed by atoms with Crippen molar-refractivity contribution in [1.82, 2.24) is 9.80 Å². The predicted octanol–water partition coefficient (Wildman–Crippen LogP) is 1.43. The van der Waals surface area contributed by atoms with Gasteiger partial charge in [0.15, 0.2) is 0 Å². The maximum atomic E-state index is 5.34. The number of hydrogen-bond acceptors (Lipinski definition) is 3. The first-order valence-corrected chi connectivity index (χ1v) is 7.07. The molecule has 4 heteroatoms. The molecule has 0 spiro atoms. The van der Waals surface area contributed by atoms with Crippen molar-refractivity contribution in [3.05, 3.63) is 0 Å². The standard InChI is InChI=1S/C11H23BrN2O/c1-2-15-11-3-5-13-7-9-14(6-4-12)10-8-13/h2-11H2,1H3. The number of ether oxygens (including phenoxy) is 1. The summed E-state index contributed by atoms with van der Waals surface area (Å²) in [6, 6.07) is 0. The molecule has 0 amide bonds. The molecule has 0 unspecified atom stereocenters. The van der Waals surface area contributed by atoms with Gasteiger partial charge in [0.25, 0.3) is 0 Å². The van der Waals surface area contributed by atoms with Crippen molar-refractivity contribution in [2.45, 2.75) is 13.3 Å². The van der Waals surface area contributed by atoms with Crippen LogP contribution in [0.5, 0.6) is 0 Å². The average molecular weight is 279 g/mol. The van der Waals surface area contributed by atoms with Crippen molar-refractivity contribution < 1.29 is 4.74 Å². The normalized spacial score (nSPS) is 19.6. The highest BCUT2D eigenvalue weighted by Gasteiger charge is 2.15. The van der Waals surface area contributed by atoms with E-state index in [4.69, 9.17) is 4.74 Å². The Morgan fingerprint density at radius 1 is 1.07 bits per heavy atom. The summed E-state index contributed by atoms with van der Waals surface area (Å²) in [6.45, 7) is 11.1. The van der Waals surface area contributed by atoms with E-state index in [1.807, 2.05) is 0 Å². The average Bonchev–Trinajstić information content (AvgIpc) is 2.27. The summed E-state index contributed by atoms with van der Waals surface area (Å²) < 4.78 is 5.34. The molecule has 1 aliphatic heterocycles. The number of hydrogen-bond donors (Lipinski definition) is 0. The van der Waals surface area contributed by atoms with E-state index in [0.717, 1.165) is 18.5 Å².